The number of likely N-dealkylation sites (N-methyl/N-ethyl adjacent to an activating group) is 1. The molecule has 1 aromatic carbocycles. The molecule has 1 aliphatic rings. The summed E-state index contributed by atoms with van der Waals surface area (Å²) in [4.78, 5) is 26.3. The number of aliphatic hydroxyl groups excluding tert-OH is 1. The van der Waals surface area contributed by atoms with Crippen molar-refractivity contribution in [2.45, 2.75) is 33.6 Å². The van der Waals surface area contributed by atoms with E-state index in [1.807, 2.05) is 39.0 Å². The average molecular weight is 317 g/mol. The zero-order valence-corrected chi connectivity index (χ0v) is 13.9. The minimum atomic E-state index is -0.218. The summed E-state index contributed by atoms with van der Waals surface area (Å²) in [5.41, 5.74) is 3.04. The molecule has 0 spiro atoms. The van der Waals surface area contributed by atoms with Crippen molar-refractivity contribution in [3.8, 4) is 0 Å². The summed E-state index contributed by atoms with van der Waals surface area (Å²) in [5, 5.41) is 14.7. The van der Waals surface area contributed by atoms with Gasteiger partial charge >= 0.3 is 0 Å². The molecule has 0 bridgehead atoms. The minimum Gasteiger partial charge on any atom is -0.395 e. The van der Waals surface area contributed by atoms with Gasteiger partial charge in [-0.05, 0) is 38.0 Å². The Kier molecular flexibility index (Phi) is 5.50. The molecular formula is C17H23N3O3. The van der Waals surface area contributed by atoms with Crippen molar-refractivity contribution >= 4 is 23.2 Å². The van der Waals surface area contributed by atoms with Gasteiger partial charge in [0.2, 0.25) is 5.91 Å². The topological polar surface area (TPSA) is 73.2 Å². The number of carbonyl (C=O) groups is 2. The summed E-state index contributed by atoms with van der Waals surface area (Å²) in [7, 11) is 0. The van der Waals surface area contributed by atoms with Crippen LogP contribution >= 0.6 is 0 Å². The molecule has 124 valence electrons. The zero-order valence-electron chi connectivity index (χ0n) is 13.9. The molecule has 0 unspecified atom stereocenters. The Morgan fingerprint density at radius 3 is 2.74 bits per heavy atom. The highest BCUT2D eigenvalue weighted by molar-refractivity contribution is 6.40. The van der Waals surface area contributed by atoms with Gasteiger partial charge in [0, 0.05) is 25.9 Å². The van der Waals surface area contributed by atoms with Gasteiger partial charge in [-0.1, -0.05) is 12.1 Å². The number of hydrogen-bond donors (Lipinski definition) is 1. The van der Waals surface area contributed by atoms with E-state index in [0.717, 1.165) is 11.1 Å². The average Bonchev–Trinajstić information content (AvgIpc) is 2.55. The van der Waals surface area contributed by atoms with Crippen LogP contribution in [0.15, 0.2) is 23.3 Å². The maximum absolute atomic E-state index is 12.5. The molecule has 0 saturated carbocycles. The minimum absolute atomic E-state index is 0.0908. The van der Waals surface area contributed by atoms with E-state index in [-0.39, 0.29) is 31.4 Å². The fourth-order valence-electron chi connectivity index (χ4n) is 2.55. The van der Waals surface area contributed by atoms with Crippen molar-refractivity contribution in [2.75, 3.05) is 24.7 Å². The molecule has 2 rings (SSSR count). The van der Waals surface area contributed by atoms with Crippen molar-refractivity contribution in [3.63, 3.8) is 0 Å². The number of amides is 2. The van der Waals surface area contributed by atoms with E-state index in [1.54, 1.807) is 0 Å². The molecule has 0 saturated heterocycles. The van der Waals surface area contributed by atoms with E-state index in [4.69, 9.17) is 5.11 Å². The number of rotatable bonds is 5. The van der Waals surface area contributed by atoms with Crippen LogP contribution in [0, 0.1) is 13.8 Å². The van der Waals surface area contributed by atoms with Crippen LogP contribution in [0.1, 0.15) is 30.9 Å². The molecule has 0 fully saturated rings. The molecule has 2 amide bonds. The molecule has 1 N–H and O–H groups in total. The highest BCUT2D eigenvalue weighted by Gasteiger charge is 2.28. The largest absolute Gasteiger partial charge is 0.395 e. The van der Waals surface area contributed by atoms with Crippen molar-refractivity contribution < 1.29 is 14.7 Å². The van der Waals surface area contributed by atoms with Crippen LogP contribution in [0.2, 0.25) is 0 Å². The quantitative estimate of drug-likeness (QED) is 0.897. The Morgan fingerprint density at radius 1 is 1.35 bits per heavy atom. The van der Waals surface area contributed by atoms with Gasteiger partial charge in [-0.15, -0.1) is 0 Å². The first kappa shape index (κ1) is 17.1. The lowest BCUT2D eigenvalue weighted by Crippen LogP contribution is -2.42. The number of benzene rings is 1. The standard InChI is InChI=1S/C17H23N3O3/c1-4-19(9-10-21)17(23)14-7-8-16(22)20(18-14)15-11-12(2)5-6-13(15)3/h5-6,11,21H,4,7-10H2,1-3H3. The maximum atomic E-state index is 12.5. The molecule has 1 aromatic rings. The lowest BCUT2D eigenvalue weighted by atomic mass is 10.1. The molecular weight excluding hydrogens is 294 g/mol. The summed E-state index contributed by atoms with van der Waals surface area (Å²) < 4.78 is 0. The smallest absolute Gasteiger partial charge is 0.270 e. The van der Waals surface area contributed by atoms with Crippen molar-refractivity contribution in [1.82, 2.24) is 4.90 Å². The molecule has 0 atom stereocenters. The second-order valence-electron chi connectivity index (χ2n) is 5.65. The van der Waals surface area contributed by atoms with Crippen LogP contribution in [0.5, 0.6) is 0 Å². The fraction of sp³-hybridized carbons (Fsp3) is 0.471. The van der Waals surface area contributed by atoms with Crippen LogP contribution in [0.25, 0.3) is 0 Å². The first-order valence-corrected chi connectivity index (χ1v) is 7.85. The van der Waals surface area contributed by atoms with Crippen LogP contribution in [0.4, 0.5) is 5.69 Å². The Balaban J connectivity index is 2.34. The Labute approximate surface area is 136 Å². The second-order valence-corrected chi connectivity index (χ2v) is 5.65. The molecule has 6 nitrogen and oxygen atoms in total. The first-order valence-electron chi connectivity index (χ1n) is 7.85. The number of hydrazone groups is 1. The Bertz CT molecular complexity index is 640. The highest BCUT2D eigenvalue weighted by atomic mass is 16.3. The summed E-state index contributed by atoms with van der Waals surface area (Å²) in [6.07, 6.45) is 0.593. The Hall–Kier alpha value is -2.21. The third-order valence-corrected chi connectivity index (χ3v) is 3.91. The lowest BCUT2D eigenvalue weighted by molar-refractivity contribution is -0.124. The monoisotopic (exact) mass is 317 g/mol. The van der Waals surface area contributed by atoms with Crippen molar-refractivity contribution in [3.05, 3.63) is 29.3 Å². The van der Waals surface area contributed by atoms with Crippen LogP contribution < -0.4 is 5.01 Å². The summed E-state index contributed by atoms with van der Waals surface area (Å²) in [5.74, 6) is -0.329. The van der Waals surface area contributed by atoms with Crippen molar-refractivity contribution in [2.24, 2.45) is 5.10 Å². The normalized spacial score (nSPS) is 14.7. The fourth-order valence-corrected chi connectivity index (χ4v) is 2.55. The van der Waals surface area contributed by atoms with Gasteiger partial charge in [0.15, 0.2) is 0 Å². The Morgan fingerprint density at radius 2 is 2.09 bits per heavy atom. The van der Waals surface area contributed by atoms with E-state index in [2.05, 4.69) is 5.10 Å². The number of aryl methyl sites for hydroxylation is 2. The molecule has 0 aromatic heterocycles. The van der Waals surface area contributed by atoms with Crippen LogP contribution in [0.3, 0.4) is 0 Å². The third kappa shape index (κ3) is 3.76. The summed E-state index contributed by atoms with van der Waals surface area (Å²) in [6.45, 7) is 6.39. The maximum Gasteiger partial charge on any atom is 0.270 e. The van der Waals surface area contributed by atoms with Gasteiger partial charge in [-0.25, -0.2) is 5.01 Å². The molecule has 6 heteroatoms. The predicted octanol–water partition coefficient (Wildman–Crippen LogP) is 1.63. The lowest BCUT2D eigenvalue weighted by Gasteiger charge is -2.27. The number of carbonyl (C=O) groups excluding carboxylic acids is 2. The van der Waals surface area contributed by atoms with Gasteiger partial charge < -0.3 is 10.0 Å². The van der Waals surface area contributed by atoms with E-state index in [0.29, 0.717) is 24.4 Å². The zero-order chi connectivity index (χ0) is 17.0. The third-order valence-electron chi connectivity index (χ3n) is 3.91. The van der Waals surface area contributed by atoms with Crippen LogP contribution in [-0.2, 0) is 9.59 Å². The second kappa shape index (κ2) is 7.37. The highest BCUT2D eigenvalue weighted by Crippen LogP contribution is 2.25. The number of hydrogen-bond acceptors (Lipinski definition) is 4. The molecule has 0 radical (unpaired) electrons. The van der Waals surface area contributed by atoms with E-state index >= 15 is 0 Å². The summed E-state index contributed by atoms with van der Waals surface area (Å²) in [6, 6.07) is 5.81. The van der Waals surface area contributed by atoms with Gasteiger partial charge in [0.25, 0.3) is 5.91 Å². The van der Waals surface area contributed by atoms with Gasteiger partial charge in [-0.3, -0.25) is 9.59 Å². The summed E-state index contributed by atoms with van der Waals surface area (Å²) >= 11 is 0. The van der Waals surface area contributed by atoms with Crippen molar-refractivity contribution in [1.29, 1.82) is 0 Å². The molecule has 1 heterocycles. The first-order chi connectivity index (χ1) is 11.0. The SMILES string of the molecule is CCN(CCO)C(=O)C1=NN(c2cc(C)ccc2C)C(=O)CC1. The van der Waals surface area contributed by atoms with Gasteiger partial charge in [0.1, 0.15) is 5.71 Å². The van der Waals surface area contributed by atoms with Gasteiger partial charge in [-0.2, -0.15) is 5.10 Å². The molecule has 1 aliphatic heterocycles. The van der Waals surface area contributed by atoms with Crippen LogP contribution in [-0.4, -0.2) is 47.2 Å². The number of aliphatic hydroxyl groups is 1. The van der Waals surface area contributed by atoms with E-state index in [1.165, 1.54) is 9.91 Å². The predicted molar refractivity (Wildman–Crippen MR) is 89.4 cm³/mol. The number of nitrogens with zero attached hydrogens (tertiary/aromatic N) is 3. The number of anilines is 1. The molecule has 23 heavy (non-hydrogen) atoms. The molecule has 0 aliphatic carbocycles. The van der Waals surface area contributed by atoms with E-state index < -0.39 is 0 Å². The van der Waals surface area contributed by atoms with Gasteiger partial charge in [0.05, 0.1) is 12.3 Å². The van der Waals surface area contributed by atoms with E-state index in [9.17, 15) is 9.59 Å².